The van der Waals surface area contributed by atoms with Crippen molar-refractivity contribution in [3.63, 3.8) is 0 Å². The molecule has 0 saturated carbocycles. The molecule has 0 aliphatic rings. The van der Waals surface area contributed by atoms with E-state index < -0.39 is 0 Å². The zero-order valence-corrected chi connectivity index (χ0v) is 13.7. The zero-order chi connectivity index (χ0) is 17.0. The molecular formula is C16H21N5O2. The Hall–Kier alpha value is -2.83. The molecule has 0 unspecified atom stereocenters. The van der Waals surface area contributed by atoms with Crippen molar-refractivity contribution in [1.29, 1.82) is 0 Å². The van der Waals surface area contributed by atoms with E-state index in [0.29, 0.717) is 17.1 Å². The minimum Gasteiger partial charge on any atom is -0.331 e. The Kier molecular flexibility index (Phi) is 5.00. The van der Waals surface area contributed by atoms with Crippen LogP contribution >= 0.6 is 0 Å². The Bertz CT molecular complexity index is 706. The molecule has 23 heavy (non-hydrogen) atoms. The van der Waals surface area contributed by atoms with Crippen molar-refractivity contribution in [2.24, 2.45) is 0 Å². The van der Waals surface area contributed by atoms with E-state index in [9.17, 15) is 9.59 Å². The van der Waals surface area contributed by atoms with Crippen molar-refractivity contribution >= 4 is 23.4 Å². The van der Waals surface area contributed by atoms with Gasteiger partial charge in [0.2, 0.25) is 0 Å². The highest BCUT2D eigenvalue weighted by Crippen LogP contribution is 2.14. The molecule has 2 rings (SSSR count). The fourth-order valence-corrected chi connectivity index (χ4v) is 1.85. The van der Waals surface area contributed by atoms with Gasteiger partial charge in [-0.15, -0.1) is 0 Å². The number of aromatic nitrogens is 2. The van der Waals surface area contributed by atoms with Gasteiger partial charge in [-0.25, -0.2) is 4.79 Å². The molecule has 0 aliphatic heterocycles. The SMILES string of the molecule is CC(C)n1ccc(NC(=O)c2cccc(NC(=O)N(C)C)c2)n1. The van der Waals surface area contributed by atoms with E-state index in [0.717, 1.165) is 0 Å². The van der Waals surface area contributed by atoms with Crippen LogP contribution in [-0.4, -0.2) is 40.7 Å². The molecule has 1 heterocycles. The smallest absolute Gasteiger partial charge is 0.321 e. The minimum atomic E-state index is -0.278. The van der Waals surface area contributed by atoms with E-state index in [1.165, 1.54) is 4.90 Å². The molecule has 122 valence electrons. The molecule has 0 saturated heterocycles. The number of nitrogens with zero attached hydrogens (tertiary/aromatic N) is 3. The summed E-state index contributed by atoms with van der Waals surface area (Å²) in [6.45, 7) is 4.02. The van der Waals surface area contributed by atoms with Crippen LogP contribution in [0.25, 0.3) is 0 Å². The summed E-state index contributed by atoms with van der Waals surface area (Å²) in [5, 5.41) is 9.73. The van der Waals surface area contributed by atoms with Crippen LogP contribution in [0.15, 0.2) is 36.5 Å². The van der Waals surface area contributed by atoms with E-state index in [2.05, 4.69) is 15.7 Å². The number of nitrogens with one attached hydrogen (secondary N) is 2. The molecule has 0 bridgehead atoms. The molecule has 1 aromatic carbocycles. The van der Waals surface area contributed by atoms with Crippen molar-refractivity contribution in [3.8, 4) is 0 Å². The summed E-state index contributed by atoms with van der Waals surface area (Å²) >= 11 is 0. The summed E-state index contributed by atoms with van der Waals surface area (Å²) in [6.07, 6.45) is 1.81. The topological polar surface area (TPSA) is 79.3 Å². The second-order valence-corrected chi connectivity index (χ2v) is 5.63. The summed E-state index contributed by atoms with van der Waals surface area (Å²) < 4.78 is 1.77. The molecule has 0 atom stereocenters. The van der Waals surface area contributed by atoms with Gasteiger partial charge in [0.25, 0.3) is 5.91 Å². The first-order valence-electron chi connectivity index (χ1n) is 7.31. The number of hydrogen-bond acceptors (Lipinski definition) is 3. The summed E-state index contributed by atoms with van der Waals surface area (Å²) in [5.74, 6) is 0.214. The number of benzene rings is 1. The lowest BCUT2D eigenvalue weighted by Crippen LogP contribution is -2.27. The molecule has 2 N–H and O–H groups in total. The first kappa shape index (κ1) is 16.5. The van der Waals surface area contributed by atoms with Crippen molar-refractivity contribution in [2.75, 3.05) is 24.7 Å². The van der Waals surface area contributed by atoms with Crippen LogP contribution in [0.1, 0.15) is 30.2 Å². The van der Waals surface area contributed by atoms with Crippen molar-refractivity contribution in [2.45, 2.75) is 19.9 Å². The van der Waals surface area contributed by atoms with Crippen LogP contribution in [0.3, 0.4) is 0 Å². The quantitative estimate of drug-likeness (QED) is 0.910. The van der Waals surface area contributed by atoms with Crippen LogP contribution in [0.2, 0.25) is 0 Å². The summed E-state index contributed by atoms with van der Waals surface area (Å²) in [7, 11) is 3.30. The van der Waals surface area contributed by atoms with Crippen LogP contribution in [0, 0.1) is 0 Å². The predicted octanol–water partition coefficient (Wildman–Crippen LogP) is 2.81. The van der Waals surface area contributed by atoms with Gasteiger partial charge in [-0.3, -0.25) is 9.48 Å². The van der Waals surface area contributed by atoms with Gasteiger partial charge in [0.15, 0.2) is 5.82 Å². The molecule has 0 fully saturated rings. The summed E-state index contributed by atoms with van der Waals surface area (Å²) in [5.41, 5.74) is 1.00. The van der Waals surface area contributed by atoms with Crippen molar-refractivity contribution in [1.82, 2.24) is 14.7 Å². The van der Waals surface area contributed by atoms with Crippen LogP contribution in [0.5, 0.6) is 0 Å². The Labute approximate surface area is 135 Å². The molecule has 7 nitrogen and oxygen atoms in total. The maximum absolute atomic E-state index is 12.3. The third-order valence-electron chi connectivity index (χ3n) is 3.16. The number of carbonyl (C=O) groups excluding carboxylic acids is 2. The van der Waals surface area contributed by atoms with E-state index in [1.54, 1.807) is 49.1 Å². The number of carbonyl (C=O) groups is 2. The summed E-state index contributed by atoms with van der Waals surface area (Å²) in [4.78, 5) is 25.4. The third kappa shape index (κ3) is 4.32. The number of rotatable bonds is 4. The van der Waals surface area contributed by atoms with Crippen LogP contribution in [-0.2, 0) is 0 Å². The number of amides is 3. The van der Waals surface area contributed by atoms with Gasteiger partial charge in [0.05, 0.1) is 0 Å². The monoisotopic (exact) mass is 315 g/mol. The fraction of sp³-hybridized carbons (Fsp3) is 0.312. The van der Waals surface area contributed by atoms with E-state index >= 15 is 0 Å². The van der Waals surface area contributed by atoms with E-state index in [4.69, 9.17) is 0 Å². The van der Waals surface area contributed by atoms with Crippen LogP contribution in [0.4, 0.5) is 16.3 Å². The van der Waals surface area contributed by atoms with Gasteiger partial charge < -0.3 is 15.5 Å². The zero-order valence-electron chi connectivity index (χ0n) is 13.7. The molecule has 0 spiro atoms. The maximum atomic E-state index is 12.3. The Morgan fingerprint density at radius 3 is 2.52 bits per heavy atom. The molecule has 0 aliphatic carbocycles. The average molecular weight is 315 g/mol. The standard InChI is InChI=1S/C16H21N5O2/c1-11(2)21-9-8-14(19-21)18-15(22)12-6-5-7-13(10-12)17-16(23)20(3)4/h5-11H,1-4H3,(H,17,23)(H,18,19,22). The fourth-order valence-electron chi connectivity index (χ4n) is 1.85. The van der Waals surface area contributed by atoms with Gasteiger partial charge in [0, 0.05) is 43.7 Å². The van der Waals surface area contributed by atoms with E-state index in [1.807, 2.05) is 20.0 Å². The van der Waals surface area contributed by atoms with Gasteiger partial charge >= 0.3 is 6.03 Å². The maximum Gasteiger partial charge on any atom is 0.321 e. The van der Waals surface area contributed by atoms with Gasteiger partial charge in [0.1, 0.15) is 0 Å². The second kappa shape index (κ2) is 6.95. The minimum absolute atomic E-state index is 0.227. The normalized spacial score (nSPS) is 10.5. The second-order valence-electron chi connectivity index (χ2n) is 5.63. The predicted molar refractivity (Wildman–Crippen MR) is 89.7 cm³/mol. The highest BCUT2D eigenvalue weighted by Gasteiger charge is 2.11. The third-order valence-corrected chi connectivity index (χ3v) is 3.16. The van der Waals surface area contributed by atoms with Crippen molar-refractivity contribution < 1.29 is 9.59 Å². The Morgan fingerprint density at radius 1 is 1.17 bits per heavy atom. The average Bonchev–Trinajstić information content (AvgIpc) is 2.96. The first-order chi connectivity index (χ1) is 10.9. The Balaban J connectivity index is 2.08. The van der Waals surface area contributed by atoms with Crippen molar-refractivity contribution in [3.05, 3.63) is 42.1 Å². The molecule has 7 heteroatoms. The lowest BCUT2D eigenvalue weighted by molar-refractivity contribution is 0.102. The lowest BCUT2D eigenvalue weighted by atomic mass is 10.2. The number of hydrogen-bond donors (Lipinski definition) is 2. The molecule has 1 aromatic heterocycles. The van der Waals surface area contributed by atoms with Gasteiger partial charge in [-0.2, -0.15) is 5.10 Å². The van der Waals surface area contributed by atoms with E-state index in [-0.39, 0.29) is 18.0 Å². The largest absolute Gasteiger partial charge is 0.331 e. The number of urea groups is 1. The molecule has 0 radical (unpaired) electrons. The molecular weight excluding hydrogens is 294 g/mol. The van der Waals surface area contributed by atoms with Gasteiger partial charge in [-0.05, 0) is 32.0 Å². The van der Waals surface area contributed by atoms with Gasteiger partial charge in [-0.1, -0.05) is 6.07 Å². The molecule has 3 amide bonds. The molecule has 2 aromatic rings. The highest BCUT2D eigenvalue weighted by atomic mass is 16.2. The first-order valence-corrected chi connectivity index (χ1v) is 7.31. The Morgan fingerprint density at radius 2 is 1.91 bits per heavy atom. The lowest BCUT2D eigenvalue weighted by Gasteiger charge is -2.12. The number of anilines is 2. The highest BCUT2D eigenvalue weighted by molar-refractivity contribution is 6.04. The van der Waals surface area contributed by atoms with Crippen LogP contribution < -0.4 is 10.6 Å². The summed E-state index contributed by atoms with van der Waals surface area (Å²) in [6, 6.07) is 8.47.